The summed E-state index contributed by atoms with van der Waals surface area (Å²) in [6.07, 6.45) is 6.18. The molecule has 0 spiro atoms. The van der Waals surface area contributed by atoms with Crippen molar-refractivity contribution >= 4 is 11.6 Å². The SMILES string of the molecule is Clc1ccc(C2CCC=CO2)cc1. The number of benzene rings is 1. The topological polar surface area (TPSA) is 9.23 Å². The van der Waals surface area contributed by atoms with Crippen LogP contribution < -0.4 is 0 Å². The highest BCUT2D eigenvalue weighted by molar-refractivity contribution is 6.30. The van der Waals surface area contributed by atoms with Gasteiger partial charge < -0.3 is 4.74 Å². The fourth-order valence-electron chi connectivity index (χ4n) is 1.46. The average Bonchev–Trinajstić information content (AvgIpc) is 2.20. The Labute approximate surface area is 83.0 Å². The molecule has 68 valence electrons. The van der Waals surface area contributed by atoms with E-state index in [0.717, 1.165) is 17.9 Å². The minimum Gasteiger partial charge on any atom is -0.494 e. The molecular weight excluding hydrogens is 184 g/mol. The van der Waals surface area contributed by atoms with Gasteiger partial charge in [-0.3, -0.25) is 0 Å². The van der Waals surface area contributed by atoms with E-state index in [9.17, 15) is 0 Å². The highest BCUT2D eigenvalue weighted by atomic mass is 35.5. The summed E-state index contributed by atoms with van der Waals surface area (Å²) in [5.74, 6) is 0. The molecule has 1 aliphatic rings. The van der Waals surface area contributed by atoms with Crippen LogP contribution in [0.1, 0.15) is 24.5 Å². The van der Waals surface area contributed by atoms with Crippen molar-refractivity contribution in [3.05, 3.63) is 47.2 Å². The highest BCUT2D eigenvalue weighted by Crippen LogP contribution is 2.27. The lowest BCUT2D eigenvalue weighted by atomic mass is 10.0. The minimum absolute atomic E-state index is 0.210. The van der Waals surface area contributed by atoms with Crippen LogP contribution in [0.15, 0.2) is 36.6 Å². The Balaban J connectivity index is 2.15. The molecule has 1 nitrogen and oxygen atoms in total. The molecule has 0 radical (unpaired) electrons. The van der Waals surface area contributed by atoms with E-state index in [1.807, 2.05) is 30.3 Å². The van der Waals surface area contributed by atoms with E-state index in [-0.39, 0.29) is 6.10 Å². The first-order valence-electron chi connectivity index (χ1n) is 4.42. The molecule has 0 bridgehead atoms. The summed E-state index contributed by atoms with van der Waals surface area (Å²) < 4.78 is 5.48. The first-order valence-corrected chi connectivity index (χ1v) is 4.80. The second-order valence-electron chi connectivity index (χ2n) is 3.13. The maximum atomic E-state index is 5.80. The molecule has 1 atom stereocenters. The standard InChI is InChI=1S/C11H11ClO/c12-10-6-4-9(5-7-10)11-3-1-2-8-13-11/h2,4-8,11H,1,3H2. The summed E-state index contributed by atoms with van der Waals surface area (Å²) >= 11 is 5.80. The van der Waals surface area contributed by atoms with E-state index in [4.69, 9.17) is 16.3 Å². The molecule has 1 unspecified atom stereocenters. The van der Waals surface area contributed by atoms with E-state index < -0.39 is 0 Å². The molecule has 1 heterocycles. The van der Waals surface area contributed by atoms with E-state index >= 15 is 0 Å². The Kier molecular flexibility index (Phi) is 2.55. The molecule has 0 saturated carbocycles. The van der Waals surface area contributed by atoms with Gasteiger partial charge in [0.1, 0.15) is 6.10 Å². The van der Waals surface area contributed by atoms with E-state index in [1.54, 1.807) is 6.26 Å². The van der Waals surface area contributed by atoms with Gasteiger partial charge in [-0.25, -0.2) is 0 Å². The number of allylic oxidation sites excluding steroid dienone is 1. The molecule has 0 N–H and O–H groups in total. The van der Waals surface area contributed by atoms with Gasteiger partial charge in [0.25, 0.3) is 0 Å². The molecular formula is C11H11ClO. The summed E-state index contributed by atoms with van der Waals surface area (Å²) in [5, 5.41) is 0.773. The lowest BCUT2D eigenvalue weighted by Crippen LogP contribution is -2.03. The van der Waals surface area contributed by atoms with Crippen molar-refractivity contribution in [2.75, 3.05) is 0 Å². The van der Waals surface area contributed by atoms with Gasteiger partial charge in [0.05, 0.1) is 6.26 Å². The molecule has 1 aliphatic heterocycles. The predicted molar refractivity (Wildman–Crippen MR) is 53.7 cm³/mol. The van der Waals surface area contributed by atoms with Gasteiger partial charge in [-0.2, -0.15) is 0 Å². The van der Waals surface area contributed by atoms with Crippen molar-refractivity contribution in [3.63, 3.8) is 0 Å². The minimum atomic E-state index is 0.210. The molecule has 0 saturated heterocycles. The summed E-state index contributed by atoms with van der Waals surface area (Å²) in [4.78, 5) is 0. The van der Waals surface area contributed by atoms with Gasteiger partial charge in [0, 0.05) is 5.02 Å². The summed E-state index contributed by atoms with van der Waals surface area (Å²) in [7, 11) is 0. The van der Waals surface area contributed by atoms with E-state index in [1.165, 1.54) is 5.56 Å². The summed E-state index contributed by atoms with van der Waals surface area (Å²) in [6, 6.07) is 7.84. The molecule has 13 heavy (non-hydrogen) atoms. The quantitative estimate of drug-likeness (QED) is 0.663. The fraction of sp³-hybridized carbons (Fsp3) is 0.273. The van der Waals surface area contributed by atoms with Crippen LogP contribution in [0.5, 0.6) is 0 Å². The van der Waals surface area contributed by atoms with Gasteiger partial charge in [0.2, 0.25) is 0 Å². The molecule has 1 aromatic carbocycles. The molecule has 1 aromatic rings. The Hall–Kier alpha value is -0.950. The smallest absolute Gasteiger partial charge is 0.123 e. The van der Waals surface area contributed by atoms with Gasteiger partial charge in [0.15, 0.2) is 0 Å². The van der Waals surface area contributed by atoms with Crippen LogP contribution in [0.2, 0.25) is 5.02 Å². The van der Waals surface area contributed by atoms with Crippen LogP contribution in [-0.2, 0) is 4.74 Å². The Bertz CT molecular complexity index is 302. The number of hydrogen-bond acceptors (Lipinski definition) is 1. The lowest BCUT2D eigenvalue weighted by Gasteiger charge is -2.19. The van der Waals surface area contributed by atoms with Gasteiger partial charge in [-0.15, -0.1) is 0 Å². The van der Waals surface area contributed by atoms with Gasteiger partial charge >= 0.3 is 0 Å². The second kappa shape index (κ2) is 3.84. The van der Waals surface area contributed by atoms with Crippen molar-refractivity contribution in [2.45, 2.75) is 18.9 Å². The van der Waals surface area contributed by atoms with E-state index in [2.05, 4.69) is 0 Å². The van der Waals surface area contributed by atoms with E-state index in [0.29, 0.717) is 0 Å². The summed E-state index contributed by atoms with van der Waals surface area (Å²) in [5.41, 5.74) is 1.20. The Morgan fingerprint density at radius 2 is 2.00 bits per heavy atom. The van der Waals surface area contributed by atoms with Crippen LogP contribution in [0, 0.1) is 0 Å². The molecule has 0 amide bonds. The highest BCUT2D eigenvalue weighted by Gasteiger charge is 2.12. The summed E-state index contributed by atoms with van der Waals surface area (Å²) in [6.45, 7) is 0. The van der Waals surface area contributed by atoms with Gasteiger partial charge in [-0.1, -0.05) is 23.7 Å². The van der Waals surface area contributed by atoms with Crippen LogP contribution >= 0.6 is 11.6 Å². The lowest BCUT2D eigenvalue weighted by molar-refractivity contribution is 0.125. The number of rotatable bonds is 1. The van der Waals surface area contributed by atoms with Crippen molar-refractivity contribution in [3.8, 4) is 0 Å². The Morgan fingerprint density at radius 1 is 1.23 bits per heavy atom. The maximum Gasteiger partial charge on any atom is 0.123 e. The predicted octanol–water partition coefficient (Wildman–Crippen LogP) is 3.71. The van der Waals surface area contributed by atoms with Crippen molar-refractivity contribution in [1.82, 2.24) is 0 Å². The number of ether oxygens (including phenoxy) is 1. The third-order valence-corrected chi connectivity index (χ3v) is 2.43. The number of halogens is 1. The first-order chi connectivity index (χ1) is 6.36. The van der Waals surface area contributed by atoms with Gasteiger partial charge in [-0.05, 0) is 36.6 Å². The zero-order chi connectivity index (χ0) is 9.10. The zero-order valence-electron chi connectivity index (χ0n) is 7.24. The molecule has 2 rings (SSSR count). The third-order valence-electron chi connectivity index (χ3n) is 2.18. The molecule has 0 fully saturated rings. The molecule has 2 heteroatoms. The van der Waals surface area contributed by atoms with Crippen LogP contribution in [0.25, 0.3) is 0 Å². The monoisotopic (exact) mass is 194 g/mol. The largest absolute Gasteiger partial charge is 0.494 e. The second-order valence-corrected chi connectivity index (χ2v) is 3.56. The zero-order valence-corrected chi connectivity index (χ0v) is 8.00. The number of hydrogen-bond donors (Lipinski definition) is 0. The van der Waals surface area contributed by atoms with Crippen LogP contribution in [0.3, 0.4) is 0 Å². The van der Waals surface area contributed by atoms with Crippen molar-refractivity contribution in [1.29, 1.82) is 0 Å². The molecule has 0 aromatic heterocycles. The van der Waals surface area contributed by atoms with Crippen LogP contribution in [0.4, 0.5) is 0 Å². The normalized spacial score (nSPS) is 21.2. The third kappa shape index (κ3) is 2.04. The van der Waals surface area contributed by atoms with Crippen LogP contribution in [-0.4, -0.2) is 0 Å². The fourth-order valence-corrected chi connectivity index (χ4v) is 1.58. The van der Waals surface area contributed by atoms with Crippen molar-refractivity contribution in [2.24, 2.45) is 0 Å². The molecule has 0 aliphatic carbocycles. The average molecular weight is 195 g/mol. The first kappa shape index (κ1) is 8.64. The van der Waals surface area contributed by atoms with Crippen molar-refractivity contribution < 1.29 is 4.74 Å². The Morgan fingerprint density at radius 3 is 2.62 bits per heavy atom. The maximum absolute atomic E-state index is 5.80.